The lowest BCUT2D eigenvalue weighted by molar-refractivity contribution is 1.18. The Balaban J connectivity index is 1.05. The van der Waals surface area contributed by atoms with Crippen LogP contribution in [0.3, 0.4) is 0 Å². The van der Waals surface area contributed by atoms with E-state index in [0.29, 0.717) is 0 Å². The summed E-state index contributed by atoms with van der Waals surface area (Å²) in [6.45, 7) is 0. The first-order chi connectivity index (χ1) is 32.8. The highest BCUT2D eigenvalue weighted by Crippen LogP contribution is 2.48. The minimum absolute atomic E-state index is 1.07. The molecule has 0 saturated carbocycles. The number of benzene rings is 11. The third-order valence-corrected chi connectivity index (χ3v) is 13.0. The van der Waals surface area contributed by atoms with E-state index in [0.717, 1.165) is 39.4 Å². The molecule has 0 aliphatic heterocycles. The van der Waals surface area contributed by atoms with Gasteiger partial charge in [-0.25, -0.2) is 0 Å². The van der Waals surface area contributed by atoms with Crippen molar-refractivity contribution in [2.45, 2.75) is 0 Å². The molecule has 0 radical (unpaired) electrons. The van der Waals surface area contributed by atoms with Crippen molar-refractivity contribution in [3.63, 3.8) is 0 Å². The van der Waals surface area contributed by atoms with E-state index < -0.39 is 0 Å². The first-order valence-electron chi connectivity index (χ1n) is 22.7. The van der Waals surface area contributed by atoms with E-state index in [1.807, 2.05) is 0 Å². The number of nitrogens with zero attached hydrogens (tertiary/aromatic N) is 2. The molecule has 310 valence electrons. The van der Waals surface area contributed by atoms with Gasteiger partial charge in [0.2, 0.25) is 0 Å². The van der Waals surface area contributed by atoms with Gasteiger partial charge in [0, 0.05) is 33.3 Å². The molecule has 0 spiro atoms. The molecular formula is C64H44N2. The summed E-state index contributed by atoms with van der Waals surface area (Å²) < 4.78 is 2.38. The number of hydrogen-bond acceptors (Lipinski definition) is 1. The minimum Gasteiger partial charge on any atom is -0.309 e. The molecule has 66 heavy (non-hydrogen) atoms. The largest absolute Gasteiger partial charge is 0.309 e. The van der Waals surface area contributed by atoms with Crippen LogP contribution in [-0.4, -0.2) is 4.57 Å². The molecule has 0 bridgehead atoms. The topological polar surface area (TPSA) is 8.17 Å². The average Bonchev–Trinajstić information content (AvgIpc) is 3.73. The van der Waals surface area contributed by atoms with Crippen LogP contribution in [0.4, 0.5) is 17.1 Å². The second-order valence-corrected chi connectivity index (χ2v) is 16.9. The fourth-order valence-electron chi connectivity index (χ4n) is 9.93. The highest BCUT2D eigenvalue weighted by molar-refractivity contribution is 6.12. The Labute approximate surface area is 385 Å². The summed E-state index contributed by atoms with van der Waals surface area (Å²) in [7, 11) is 0. The summed E-state index contributed by atoms with van der Waals surface area (Å²) in [4.78, 5) is 2.47. The molecule has 0 aliphatic carbocycles. The number of fused-ring (bicyclic) bond motifs is 4. The molecule has 0 atom stereocenters. The van der Waals surface area contributed by atoms with Crippen molar-refractivity contribution >= 4 is 49.6 Å². The molecule has 12 aromatic rings. The predicted molar refractivity (Wildman–Crippen MR) is 280 cm³/mol. The second-order valence-electron chi connectivity index (χ2n) is 16.9. The zero-order valence-electron chi connectivity index (χ0n) is 36.3. The molecule has 1 aromatic heterocycles. The summed E-state index contributed by atoms with van der Waals surface area (Å²) in [5.74, 6) is 0. The van der Waals surface area contributed by atoms with Crippen LogP contribution in [0, 0.1) is 0 Å². The van der Waals surface area contributed by atoms with Crippen molar-refractivity contribution in [1.82, 2.24) is 4.57 Å². The van der Waals surface area contributed by atoms with Gasteiger partial charge in [0.25, 0.3) is 0 Å². The lowest BCUT2D eigenvalue weighted by Crippen LogP contribution is -2.12. The van der Waals surface area contributed by atoms with E-state index in [9.17, 15) is 0 Å². The summed E-state index contributed by atoms with van der Waals surface area (Å²) in [5, 5.41) is 4.90. The second kappa shape index (κ2) is 16.8. The van der Waals surface area contributed by atoms with Crippen molar-refractivity contribution in [2.75, 3.05) is 4.90 Å². The molecule has 2 heteroatoms. The van der Waals surface area contributed by atoms with Crippen LogP contribution in [0.1, 0.15) is 0 Å². The normalized spacial score (nSPS) is 11.3. The standard InChI is InChI=1S/C64H44N2/c1-4-18-45(19-5-1)46-34-36-47(37-35-46)48-38-41-53(42-39-48)66(61-32-14-11-27-56(61)58-30-17-23-50-22-16-29-55(64(50)58)49-20-6-2-7-21-49)60-31-13-10-26-54(60)51-40-43-63-59(44-51)57-28-12-15-33-62(57)65(63)52-24-8-3-9-25-52/h1-44H. The van der Waals surface area contributed by atoms with Gasteiger partial charge >= 0.3 is 0 Å². The molecule has 12 rings (SSSR count). The molecule has 0 aliphatic rings. The number of hydrogen-bond donors (Lipinski definition) is 0. The lowest BCUT2D eigenvalue weighted by Gasteiger charge is -2.30. The van der Waals surface area contributed by atoms with Gasteiger partial charge in [-0.2, -0.15) is 0 Å². The van der Waals surface area contributed by atoms with Crippen molar-refractivity contribution in [1.29, 1.82) is 0 Å². The average molecular weight is 841 g/mol. The van der Waals surface area contributed by atoms with Crippen LogP contribution in [0.25, 0.3) is 93.9 Å². The summed E-state index contributed by atoms with van der Waals surface area (Å²) >= 11 is 0. The minimum atomic E-state index is 1.07. The molecular weight excluding hydrogens is 797 g/mol. The summed E-state index contributed by atoms with van der Waals surface area (Å²) in [5.41, 5.74) is 18.6. The Bertz CT molecular complexity index is 3660. The van der Waals surface area contributed by atoms with E-state index in [1.165, 1.54) is 71.5 Å². The summed E-state index contributed by atoms with van der Waals surface area (Å²) in [6, 6.07) is 96.9. The van der Waals surface area contributed by atoms with E-state index in [4.69, 9.17) is 0 Å². The Kier molecular flexibility index (Phi) is 9.89. The van der Waals surface area contributed by atoms with Crippen LogP contribution in [0.15, 0.2) is 267 Å². The third-order valence-electron chi connectivity index (χ3n) is 13.0. The molecule has 0 fully saturated rings. The number of rotatable bonds is 9. The smallest absolute Gasteiger partial charge is 0.0541 e. The van der Waals surface area contributed by atoms with Gasteiger partial charge in [-0.15, -0.1) is 0 Å². The van der Waals surface area contributed by atoms with E-state index in [2.05, 4.69) is 276 Å². The van der Waals surface area contributed by atoms with Crippen LogP contribution in [-0.2, 0) is 0 Å². The van der Waals surface area contributed by atoms with Gasteiger partial charge in [-0.05, 0) is 110 Å². The number of anilines is 3. The molecule has 0 amide bonds. The molecule has 1 heterocycles. The highest BCUT2D eigenvalue weighted by Gasteiger charge is 2.23. The maximum atomic E-state index is 2.47. The van der Waals surface area contributed by atoms with Crippen molar-refractivity contribution in [3.05, 3.63) is 267 Å². The number of para-hydroxylation sites is 4. The van der Waals surface area contributed by atoms with Crippen molar-refractivity contribution in [2.24, 2.45) is 0 Å². The highest BCUT2D eigenvalue weighted by atomic mass is 15.1. The molecule has 0 N–H and O–H groups in total. The molecule has 0 unspecified atom stereocenters. The van der Waals surface area contributed by atoms with Crippen LogP contribution in [0.5, 0.6) is 0 Å². The van der Waals surface area contributed by atoms with E-state index in [1.54, 1.807) is 0 Å². The van der Waals surface area contributed by atoms with Gasteiger partial charge in [0.15, 0.2) is 0 Å². The van der Waals surface area contributed by atoms with Gasteiger partial charge in [-0.1, -0.05) is 212 Å². The van der Waals surface area contributed by atoms with Crippen molar-refractivity contribution < 1.29 is 0 Å². The monoisotopic (exact) mass is 840 g/mol. The van der Waals surface area contributed by atoms with Gasteiger partial charge in [-0.3, -0.25) is 0 Å². The Morgan fingerprint density at radius 3 is 1.42 bits per heavy atom. The predicted octanol–water partition coefficient (Wildman–Crippen LogP) is 17.7. The zero-order valence-corrected chi connectivity index (χ0v) is 36.3. The van der Waals surface area contributed by atoms with Crippen LogP contribution in [0.2, 0.25) is 0 Å². The first kappa shape index (κ1) is 38.9. The Morgan fingerprint density at radius 1 is 0.273 bits per heavy atom. The SMILES string of the molecule is c1ccc(-c2ccc(-c3ccc(N(c4ccccc4-c4ccc5c(c4)c4ccccc4n5-c4ccccc4)c4ccccc4-c4cccc5cccc(-c6ccccc6)c45)cc3)cc2)cc1. The zero-order chi connectivity index (χ0) is 43.8. The summed E-state index contributed by atoms with van der Waals surface area (Å²) in [6.07, 6.45) is 0. The van der Waals surface area contributed by atoms with Gasteiger partial charge < -0.3 is 9.47 Å². The molecule has 11 aromatic carbocycles. The van der Waals surface area contributed by atoms with E-state index in [-0.39, 0.29) is 0 Å². The van der Waals surface area contributed by atoms with Crippen molar-refractivity contribution in [3.8, 4) is 61.3 Å². The maximum Gasteiger partial charge on any atom is 0.0541 e. The lowest BCUT2D eigenvalue weighted by atomic mass is 9.90. The number of aromatic nitrogens is 1. The van der Waals surface area contributed by atoms with Gasteiger partial charge in [0.1, 0.15) is 0 Å². The van der Waals surface area contributed by atoms with E-state index >= 15 is 0 Å². The molecule has 2 nitrogen and oxygen atoms in total. The van der Waals surface area contributed by atoms with Crippen LogP contribution >= 0.6 is 0 Å². The fraction of sp³-hybridized carbons (Fsp3) is 0. The maximum absolute atomic E-state index is 2.47. The molecule has 0 saturated heterocycles. The Morgan fingerprint density at radius 2 is 0.742 bits per heavy atom. The quantitative estimate of drug-likeness (QED) is 0.141. The fourth-order valence-corrected chi connectivity index (χ4v) is 9.93. The Hall–Kier alpha value is -8.72. The first-order valence-corrected chi connectivity index (χ1v) is 22.7. The van der Waals surface area contributed by atoms with Gasteiger partial charge in [0.05, 0.1) is 22.4 Å². The third kappa shape index (κ3) is 6.93. The van der Waals surface area contributed by atoms with Crippen LogP contribution < -0.4 is 4.90 Å².